The molecule has 0 aromatic carbocycles. The molecule has 0 aromatic rings. The van der Waals surface area contributed by atoms with Gasteiger partial charge in [-0.15, -0.1) is 0 Å². The highest BCUT2D eigenvalue weighted by molar-refractivity contribution is 6.33. The van der Waals surface area contributed by atoms with Crippen LogP contribution in [0.15, 0.2) is 12.2 Å². The summed E-state index contributed by atoms with van der Waals surface area (Å²) < 4.78 is 4.97. The van der Waals surface area contributed by atoms with E-state index in [-0.39, 0.29) is 6.42 Å². The molecule has 0 amide bonds. The van der Waals surface area contributed by atoms with Gasteiger partial charge in [-0.25, -0.2) is 4.79 Å². The molecule has 0 spiro atoms. The van der Waals surface area contributed by atoms with E-state index in [0.29, 0.717) is 12.8 Å². The zero-order chi connectivity index (χ0) is 19.1. The molecule has 0 atom stereocenters. The predicted octanol–water partition coefficient (Wildman–Crippen LogP) is 5.59. The minimum absolute atomic E-state index is 0.285. The number of carbonyl (C=O) groups is 2. The van der Waals surface area contributed by atoms with Crippen molar-refractivity contribution in [3.8, 4) is 0 Å². The predicted molar refractivity (Wildman–Crippen MR) is 107 cm³/mol. The normalized spacial score (nSPS) is 15.3. The van der Waals surface area contributed by atoms with Crippen molar-refractivity contribution >= 4 is 11.8 Å². The highest BCUT2D eigenvalue weighted by Gasteiger charge is 2.43. The van der Waals surface area contributed by atoms with Crippen LogP contribution in [0, 0.1) is 0 Å². The molecule has 4 heteroatoms. The van der Waals surface area contributed by atoms with Gasteiger partial charge in [0.2, 0.25) is 5.78 Å². The van der Waals surface area contributed by atoms with Gasteiger partial charge in [0.25, 0.3) is 0 Å². The van der Waals surface area contributed by atoms with Crippen LogP contribution in [0.4, 0.5) is 0 Å². The minimum atomic E-state index is -0.838. The Labute approximate surface area is 159 Å². The largest absolute Gasteiger partial charge is 0.438 e. The smallest absolute Gasteiger partial charge is 0.376 e. The van der Waals surface area contributed by atoms with E-state index in [0.717, 1.165) is 25.7 Å². The third-order valence-corrected chi connectivity index (χ3v) is 4.93. The Morgan fingerprint density at radius 2 is 1.35 bits per heavy atom. The zero-order valence-electron chi connectivity index (χ0n) is 16.8. The fourth-order valence-corrected chi connectivity index (χ4v) is 2.93. The SMILES string of the molecule is CCCCCCCC/C=C\CCCCCCCC(=O)C(=O)OC1(N)CC1. The Morgan fingerprint density at radius 1 is 0.846 bits per heavy atom. The van der Waals surface area contributed by atoms with Gasteiger partial charge in [0.05, 0.1) is 0 Å². The van der Waals surface area contributed by atoms with Crippen molar-refractivity contribution in [3.05, 3.63) is 12.2 Å². The van der Waals surface area contributed by atoms with Crippen LogP contribution >= 0.6 is 0 Å². The Kier molecular flexibility index (Phi) is 12.3. The molecule has 1 aliphatic rings. The first-order valence-electron chi connectivity index (χ1n) is 10.8. The van der Waals surface area contributed by atoms with E-state index in [1.54, 1.807) is 0 Å². The van der Waals surface area contributed by atoms with E-state index in [4.69, 9.17) is 10.5 Å². The number of Topliss-reactive ketones (excluding diaryl/α,β-unsaturated/α-hetero) is 1. The standard InChI is InChI=1S/C22H39NO3/c1-2-3-4-5-6-7-8-9-10-11-12-13-14-15-16-17-20(24)21(25)26-22(23)18-19-22/h9-10H,2-8,11-19,23H2,1H3/b10-9-. The van der Waals surface area contributed by atoms with E-state index in [9.17, 15) is 9.59 Å². The molecule has 2 N–H and O–H groups in total. The molecule has 4 nitrogen and oxygen atoms in total. The number of esters is 1. The third kappa shape index (κ3) is 12.2. The number of rotatable bonds is 17. The van der Waals surface area contributed by atoms with Crippen molar-refractivity contribution in [1.82, 2.24) is 0 Å². The molecule has 0 aliphatic heterocycles. The number of ether oxygens (including phenoxy) is 1. The maximum atomic E-state index is 11.6. The van der Waals surface area contributed by atoms with Crippen LogP contribution < -0.4 is 5.73 Å². The van der Waals surface area contributed by atoms with E-state index in [1.807, 2.05) is 0 Å². The fourth-order valence-electron chi connectivity index (χ4n) is 2.93. The number of allylic oxidation sites excluding steroid dienone is 2. The van der Waals surface area contributed by atoms with Gasteiger partial charge in [-0.3, -0.25) is 10.5 Å². The Balaban J connectivity index is 1.82. The molecule has 0 saturated heterocycles. The van der Waals surface area contributed by atoms with Gasteiger partial charge >= 0.3 is 5.97 Å². The third-order valence-electron chi connectivity index (χ3n) is 4.93. The van der Waals surface area contributed by atoms with Gasteiger partial charge in [-0.2, -0.15) is 0 Å². The maximum Gasteiger partial charge on any atom is 0.376 e. The number of nitrogens with two attached hydrogens (primary N) is 1. The first-order chi connectivity index (χ1) is 12.6. The summed E-state index contributed by atoms with van der Waals surface area (Å²) in [5.41, 5.74) is 4.83. The summed E-state index contributed by atoms with van der Waals surface area (Å²) in [6.45, 7) is 2.25. The molecule has 150 valence electrons. The lowest BCUT2D eigenvalue weighted by atomic mass is 10.1. The van der Waals surface area contributed by atoms with Crippen LogP contribution in [0.25, 0.3) is 0 Å². The molecule has 26 heavy (non-hydrogen) atoms. The lowest BCUT2D eigenvalue weighted by molar-refractivity contribution is -0.159. The fraction of sp³-hybridized carbons (Fsp3) is 0.818. The zero-order valence-corrected chi connectivity index (χ0v) is 16.8. The minimum Gasteiger partial charge on any atom is -0.438 e. The summed E-state index contributed by atoms with van der Waals surface area (Å²) in [6, 6.07) is 0. The summed E-state index contributed by atoms with van der Waals surface area (Å²) >= 11 is 0. The van der Waals surface area contributed by atoms with Crippen molar-refractivity contribution in [1.29, 1.82) is 0 Å². The maximum absolute atomic E-state index is 11.6. The number of unbranched alkanes of at least 4 members (excludes halogenated alkanes) is 11. The van der Waals surface area contributed by atoms with Crippen LogP contribution in [-0.2, 0) is 14.3 Å². The molecule has 0 radical (unpaired) electrons. The van der Waals surface area contributed by atoms with E-state index < -0.39 is 17.5 Å². The summed E-state index contributed by atoms with van der Waals surface area (Å²) in [4.78, 5) is 23.2. The van der Waals surface area contributed by atoms with Gasteiger partial charge < -0.3 is 4.74 Å². The highest BCUT2D eigenvalue weighted by atomic mass is 16.6. The lowest BCUT2D eigenvalue weighted by Gasteiger charge is -2.09. The van der Waals surface area contributed by atoms with Crippen molar-refractivity contribution < 1.29 is 14.3 Å². The van der Waals surface area contributed by atoms with Gasteiger partial charge in [0, 0.05) is 19.3 Å². The second-order valence-electron chi connectivity index (χ2n) is 7.71. The first-order valence-corrected chi connectivity index (χ1v) is 10.8. The molecular formula is C22H39NO3. The molecule has 0 bridgehead atoms. The Morgan fingerprint density at radius 3 is 1.88 bits per heavy atom. The summed E-state index contributed by atoms with van der Waals surface area (Å²) in [5, 5.41) is 0. The molecule has 0 heterocycles. The summed E-state index contributed by atoms with van der Waals surface area (Å²) in [6.07, 6.45) is 22.0. The molecule has 0 unspecified atom stereocenters. The molecular weight excluding hydrogens is 326 g/mol. The molecule has 1 fully saturated rings. The summed E-state index contributed by atoms with van der Waals surface area (Å²) in [7, 11) is 0. The monoisotopic (exact) mass is 365 g/mol. The van der Waals surface area contributed by atoms with Crippen molar-refractivity contribution in [2.24, 2.45) is 5.73 Å². The van der Waals surface area contributed by atoms with Crippen LogP contribution in [-0.4, -0.2) is 17.5 Å². The average Bonchev–Trinajstić information content (AvgIpc) is 3.34. The Hall–Kier alpha value is -1.16. The molecule has 1 aliphatic carbocycles. The van der Waals surface area contributed by atoms with Crippen molar-refractivity contribution in [2.75, 3.05) is 0 Å². The van der Waals surface area contributed by atoms with Crippen molar-refractivity contribution in [3.63, 3.8) is 0 Å². The second-order valence-corrected chi connectivity index (χ2v) is 7.71. The lowest BCUT2D eigenvalue weighted by Crippen LogP contribution is -2.32. The first kappa shape index (κ1) is 22.9. The van der Waals surface area contributed by atoms with E-state index in [2.05, 4.69) is 19.1 Å². The van der Waals surface area contributed by atoms with Gasteiger partial charge in [0.1, 0.15) is 0 Å². The van der Waals surface area contributed by atoms with Crippen LogP contribution in [0.5, 0.6) is 0 Å². The molecule has 0 aromatic heterocycles. The molecule has 1 saturated carbocycles. The number of carbonyl (C=O) groups excluding carboxylic acids is 2. The topological polar surface area (TPSA) is 69.4 Å². The summed E-state index contributed by atoms with van der Waals surface area (Å²) in [5.74, 6) is -1.18. The molecule has 1 rings (SSSR count). The second kappa shape index (κ2) is 14.0. The van der Waals surface area contributed by atoms with Gasteiger partial charge in [-0.1, -0.05) is 70.4 Å². The van der Waals surface area contributed by atoms with E-state index in [1.165, 1.54) is 57.8 Å². The number of hydrogen-bond acceptors (Lipinski definition) is 4. The number of ketones is 1. The van der Waals surface area contributed by atoms with Crippen LogP contribution in [0.3, 0.4) is 0 Å². The highest BCUT2D eigenvalue weighted by Crippen LogP contribution is 2.33. The average molecular weight is 366 g/mol. The van der Waals surface area contributed by atoms with Gasteiger partial charge in [0.15, 0.2) is 5.72 Å². The Bertz CT molecular complexity index is 427. The van der Waals surface area contributed by atoms with Crippen molar-refractivity contribution in [2.45, 2.75) is 115 Å². The number of hydrogen-bond donors (Lipinski definition) is 1. The van der Waals surface area contributed by atoms with Gasteiger partial charge in [-0.05, 0) is 32.1 Å². The quantitative estimate of drug-likeness (QED) is 0.120. The van der Waals surface area contributed by atoms with Crippen LogP contribution in [0.1, 0.15) is 110 Å². The van der Waals surface area contributed by atoms with Crippen LogP contribution in [0.2, 0.25) is 0 Å². The van der Waals surface area contributed by atoms with E-state index >= 15 is 0 Å².